The van der Waals surface area contributed by atoms with Gasteiger partial charge in [0.05, 0.1) is 0 Å². The third kappa shape index (κ3) is 1.11. The molecule has 1 nitrogen and oxygen atoms in total. The molecule has 0 saturated heterocycles. The van der Waals surface area contributed by atoms with E-state index >= 15 is 0 Å². The molecule has 0 amide bonds. The van der Waals surface area contributed by atoms with Crippen LogP contribution >= 0.6 is 0 Å². The average molecular weight is 127 g/mol. The normalized spacial score (nSPS) is 25.7. The highest BCUT2D eigenvalue weighted by Gasteiger charge is 2.44. The minimum Gasteiger partial charge on any atom is -0.317 e. The van der Waals surface area contributed by atoms with Gasteiger partial charge in [-0.05, 0) is 38.6 Å². The zero-order valence-corrected chi connectivity index (χ0v) is 6.70. The van der Waals surface area contributed by atoms with Crippen LogP contribution in [0.25, 0.3) is 0 Å². The number of nitrogens with one attached hydrogen (secondary N) is 1. The van der Waals surface area contributed by atoms with Crippen molar-refractivity contribution in [1.82, 2.24) is 5.32 Å². The molecule has 0 spiro atoms. The van der Waals surface area contributed by atoms with Gasteiger partial charge in [0.25, 0.3) is 0 Å². The van der Waals surface area contributed by atoms with Crippen LogP contribution in [-0.4, -0.2) is 13.1 Å². The van der Waals surface area contributed by atoms with E-state index in [0.29, 0.717) is 5.41 Å². The molecule has 1 N–H and O–H groups in total. The quantitative estimate of drug-likeness (QED) is 0.609. The van der Waals surface area contributed by atoms with Crippen LogP contribution in [0.4, 0.5) is 0 Å². The first-order valence-corrected chi connectivity index (χ1v) is 3.92. The monoisotopic (exact) mass is 127 g/mol. The maximum absolute atomic E-state index is 3.32. The van der Waals surface area contributed by atoms with E-state index in [9.17, 15) is 0 Å². The summed E-state index contributed by atoms with van der Waals surface area (Å²) >= 11 is 0. The summed E-state index contributed by atoms with van der Waals surface area (Å²) in [5, 5.41) is 3.32. The third-order valence-electron chi connectivity index (χ3n) is 2.95. The molecule has 1 atom stereocenters. The van der Waals surface area contributed by atoms with Crippen LogP contribution in [0.3, 0.4) is 0 Å². The Morgan fingerprint density at radius 1 is 1.56 bits per heavy atom. The molecular weight excluding hydrogens is 110 g/mol. The van der Waals surface area contributed by atoms with Crippen molar-refractivity contribution in [2.75, 3.05) is 7.05 Å². The molecule has 9 heavy (non-hydrogen) atoms. The summed E-state index contributed by atoms with van der Waals surface area (Å²) in [6.45, 7) is 4.58. The second-order valence-corrected chi connectivity index (χ2v) is 3.23. The Bertz CT molecular complexity index is 94.7. The molecule has 1 heteroatoms. The van der Waals surface area contributed by atoms with Crippen LogP contribution in [0.5, 0.6) is 0 Å². The minimum absolute atomic E-state index is 0.689. The molecule has 0 aromatic rings. The van der Waals surface area contributed by atoms with E-state index < -0.39 is 0 Å². The Morgan fingerprint density at radius 2 is 2.11 bits per heavy atom. The zero-order valence-electron chi connectivity index (χ0n) is 6.70. The molecule has 0 aliphatic heterocycles. The molecule has 1 fully saturated rings. The van der Waals surface area contributed by atoms with Gasteiger partial charge in [0.15, 0.2) is 0 Å². The van der Waals surface area contributed by atoms with Crippen LogP contribution < -0.4 is 5.32 Å². The van der Waals surface area contributed by atoms with Gasteiger partial charge in [-0.25, -0.2) is 0 Å². The molecule has 0 radical (unpaired) electrons. The van der Waals surface area contributed by atoms with E-state index in [-0.39, 0.29) is 0 Å². The topological polar surface area (TPSA) is 12.0 Å². The van der Waals surface area contributed by atoms with E-state index in [1.807, 2.05) is 0 Å². The highest BCUT2D eigenvalue weighted by Crippen LogP contribution is 2.51. The van der Waals surface area contributed by atoms with Crippen LogP contribution in [0, 0.1) is 5.41 Å². The SMILES string of the molecule is CCC1(C(C)NC)CC1. The summed E-state index contributed by atoms with van der Waals surface area (Å²) in [6.07, 6.45) is 4.21. The van der Waals surface area contributed by atoms with E-state index in [0.717, 1.165) is 6.04 Å². The summed E-state index contributed by atoms with van der Waals surface area (Å²) < 4.78 is 0. The Balaban J connectivity index is 2.39. The average Bonchev–Trinajstić information content (AvgIpc) is 2.66. The summed E-state index contributed by atoms with van der Waals surface area (Å²) in [6, 6.07) is 0.725. The van der Waals surface area contributed by atoms with Gasteiger partial charge in [-0.3, -0.25) is 0 Å². The van der Waals surface area contributed by atoms with Crippen LogP contribution in [0.2, 0.25) is 0 Å². The highest BCUT2D eigenvalue weighted by molar-refractivity contribution is 4.98. The molecular formula is C8H17N. The summed E-state index contributed by atoms with van der Waals surface area (Å²) in [5.74, 6) is 0. The van der Waals surface area contributed by atoms with Gasteiger partial charge in [0, 0.05) is 6.04 Å². The van der Waals surface area contributed by atoms with E-state index in [1.165, 1.54) is 19.3 Å². The Labute approximate surface area is 57.8 Å². The lowest BCUT2D eigenvalue weighted by atomic mass is 9.95. The largest absolute Gasteiger partial charge is 0.317 e. The van der Waals surface area contributed by atoms with Crippen molar-refractivity contribution in [3.63, 3.8) is 0 Å². The van der Waals surface area contributed by atoms with Gasteiger partial charge >= 0.3 is 0 Å². The second-order valence-electron chi connectivity index (χ2n) is 3.23. The molecule has 1 unspecified atom stereocenters. The smallest absolute Gasteiger partial charge is 0.00920 e. The van der Waals surface area contributed by atoms with E-state index in [1.54, 1.807) is 0 Å². The van der Waals surface area contributed by atoms with Crippen LogP contribution in [0.15, 0.2) is 0 Å². The molecule has 54 valence electrons. The maximum Gasteiger partial charge on any atom is 0.00920 e. The number of hydrogen-bond acceptors (Lipinski definition) is 1. The van der Waals surface area contributed by atoms with Crippen molar-refractivity contribution < 1.29 is 0 Å². The van der Waals surface area contributed by atoms with Crippen molar-refractivity contribution in [2.24, 2.45) is 5.41 Å². The van der Waals surface area contributed by atoms with E-state index in [4.69, 9.17) is 0 Å². The van der Waals surface area contributed by atoms with E-state index in [2.05, 4.69) is 26.2 Å². The first-order valence-electron chi connectivity index (χ1n) is 3.92. The molecule has 0 aromatic carbocycles. The minimum atomic E-state index is 0.689. The Hall–Kier alpha value is -0.0400. The van der Waals surface area contributed by atoms with Crippen LogP contribution in [0.1, 0.15) is 33.1 Å². The molecule has 0 aromatic heterocycles. The Morgan fingerprint density at radius 3 is 2.22 bits per heavy atom. The van der Waals surface area contributed by atoms with Crippen molar-refractivity contribution >= 4 is 0 Å². The number of rotatable bonds is 3. The maximum atomic E-state index is 3.32. The fraction of sp³-hybridized carbons (Fsp3) is 1.00. The summed E-state index contributed by atoms with van der Waals surface area (Å²) in [7, 11) is 2.06. The first kappa shape index (κ1) is 7.07. The van der Waals surface area contributed by atoms with Crippen molar-refractivity contribution in [3.8, 4) is 0 Å². The van der Waals surface area contributed by atoms with Gasteiger partial charge in [-0.15, -0.1) is 0 Å². The van der Waals surface area contributed by atoms with Gasteiger partial charge in [0.2, 0.25) is 0 Å². The Kier molecular flexibility index (Phi) is 1.80. The van der Waals surface area contributed by atoms with Gasteiger partial charge in [-0.2, -0.15) is 0 Å². The van der Waals surface area contributed by atoms with Crippen LogP contribution in [-0.2, 0) is 0 Å². The van der Waals surface area contributed by atoms with Crippen molar-refractivity contribution in [2.45, 2.75) is 39.2 Å². The molecule has 1 rings (SSSR count). The number of hydrogen-bond donors (Lipinski definition) is 1. The highest BCUT2D eigenvalue weighted by atomic mass is 14.9. The fourth-order valence-electron chi connectivity index (χ4n) is 1.56. The lowest BCUT2D eigenvalue weighted by Crippen LogP contribution is -2.31. The third-order valence-corrected chi connectivity index (χ3v) is 2.95. The molecule has 0 heterocycles. The predicted octanol–water partition coefficient (Wildman–Crippen LogP) is 1.78. The molecule has 1 aliphatic rings. The van der Waals surface area contributed by atoms with Gasteiger partial charge < -0.3 is 5.32 Å². The predicted molar refractivity (Wildman–Crippen MR) is 40.5 cm³/mol. The standard InChI is InChI=1S/C8H17N/c1-4-8(5-6-8)7(2)9-3/h7,9H,4-6H2,1-3H3. The summed E-state index contributed by atoms with van der Waals surface area (Å²) in [4.78, 5) is 0. The van der Waals surface area contributed by atoms with Crippen molar-refractivity contribution in [3.05, 3.63) is 0 Å². The lowest BCUT2D eigenvalue weighted by Gasteiger charge is -2.20. The molecule has 0 bridgehead atoms. The lowest BCUT2D eigenvalue weighted by molar-refractivity contribution is 0.360. The first-order chi connectivity index (χ1) is 4.25. The molecule has 1 saturated carbocycles. The summed E-state index contributed by atoms with van der Waals surface area (Å²) in [5.41, 5.74) is 0.689. The fourth-order valence-corrected chi connectivity index (χ4v) is 1.56. The zero-order chi connectivity index (χ0) is 6.91. The van der Waals surface area contributed by atoms with Gasteiger partial charge in [-0.1, -0.05) is 6.92 Å². The van der Waals surface area contributed by atoms with Gasteiger partial charge in [0.1, 0.15) is 0 Å². The van der Waals surface area contributed by atoms with Crippen molar-refractivity contribution in [1.29, 1.82) is 0 Å². The molecule has 1 aliphatic carbocycles. The second kappa shape index (κ2) is 2.30.